The molecule has 0 saturated carbocycles. The number of nitrogens with two attached hydrogens (primary N) is 1. The lowest BCUT2D eigenvalue weighted by Crippen LogP contribution is -2.16. The summed E-state index contributed by atoms with van der Waals surface area (Å²) in [4.78, 5) is 0. The lowest BCUT2D eigenvalue weighted by Gasteiger charge is -2.09. The highest BCUT2D eigenvalue weighted by Crippen LogP contribution is 2.10. The van der Waals surface area contributed by atoms with Crippen LogP contribution in [0.3, 0.4) is 0 Å². The molecule has 1 aromatic carbocycles. The van der Waals surface area contributed by atoms with E-state index in [9.17, 15) is 8.78 Å². The van der Waals surface area contributed by atoms with Gasteiger partial charge >= 0.3 is 0 Å². The number of halogens is 2. The Labute approximate surface area is 82.9 Å². The summed E-state index contributed by atoms with van der Waals surface area (Å²) >= 11 is 0. The lowest BCUT2D eigenvalue weighted by molar-refractivity contribution is 0.350. The molecule has 0 radical (unpaired) electrons. The highest BCUT2D eigenvalue weighted by molar-refractivity contribution is 5.16. The molecule has 78 valence electrons. The van der Waals surface area contributed by atoms with Gasteiger partial charge in [0.05, 0.1) is 6.67 Å². The van der Waals surface area contributed by atoms with Crippen molar-refractivity contribution in [3.63, 3.8) is 0 Å². The molecule has 0 bridgehead atoms. The van der Waals surface area contributed by atoms with Crippen molar-refractivity contribution in [1.29, 1.82) is 0 Å². The van der Waals surface area contributed by atoms with Crippen molar-refractivity contribution in [2.24, 2.45) is 11.7 Å². The third kappa shape index (κ3) is 3.42. The molecule has 1 rings (SSSR count). The Hall–Kier alpha value is -0.960. The zero-order valence-electron chi connectivity index (χ0n) is 8.05. The van der Waals surface area contributed by atoms with Gasteiger partial charge < -0.3 is 5.73 Å². The molecule has 1 atom stereocenters. The van der Waals surface area contributed by atoms with Gasteiger partial charge in [0, 0.05) is 0 Å². The van der Waals surface area contributed by atoms with Crippen molar-refractivity contribution in [2.45, 2.75) is 12.8 Å². The summed E-state index contributed by atoms with van der Waals surface area (Å²) in [5.41, 5.74) is 6.40. The first-order valence-electron chi connectivity index (χ1n) is 4.76. The monoisotopic (exact) mass is 199 g/mol. The molecule has 0 amide bonds. The average molecular weight is 199 g/mol. The largest absolute Gasteiger partial charge is 0.330 e. The van der Waals surface area contributed by atoms with E-state index in [0.29, 0.717) is 6.54 Å². The molecular formula is C11H15F2N. The Bertz CT molecular complexity index is 254. The van der Waals surface area contributed by atoms with Crippen molar-refractivity contribution in [3.05, 3.63) is 35.6 Å². The second-order valence-electron chi connectivity index (χ2n) is 3.42. The molecule has 0 saturated heterocycles. The van der Waals surface area contributed by atoms with Gasteiger partial charge in [-0.3, -0.25) is 4.39 Å². The molecular weight excluding hydrogens is 184 g/mol. The van der Waals surface area contributed by atoms with Gasteiger partial charge in [0.25, 0.3) is 0 Å². The summed E-state index contributed by atoms with van der Waals surface area (Å²) in [5.74, 6) is -0.310. The second kappa shape index (κ2) is 5.70. The molecule has 0 aliphatic rings. The molecule has 0 spiro atoms. The zero-order valence-corrected chi connectivity index (χ0v) is 8.05. The third-order valence-corrected chi connectivity index (χ3v) is 2.31. The van der Waals surface area contributed by atoms with E-state index >= 15 is 0 Å². The van der Waals surface area contributed by atoms with Gasteiger partial charge in [-0.15, -0.1) is 0 Å². The Kier molecular flexibility index (Phi) is 4.53. The molecule has 1 nitrogen and oxygen atoms in total. The van der Waals surface area contributed by atoms with Crippen LogP contribution in [0.4, 0.5) is 8.78 Å². The summed E-state index contributed by atoms with van der Waals surface area (Å²) in [6.07, 6.45) is 1.48. The van der Waals surface area contributed by atoms with Crippen LogP contribution in [0.1, 0.15) is 12.0 Å². The maximum absolute atomic E-state index is 12.5. The van der Waals surface area contributed by atoms with Crippen molar-refractivity contribution in [3.8, 4) is 0 Å². The predicted molar refractivity (Wildman–Crippen MR) is 53.2 cm³/mol. The second-order valence-corrected chi connectivity index (χ2v) is 3.42. The SMILES string of the molecule is NCC(CF)CCc1ccc(F)cc1. The van der Waals surface area contributed by atoms with Crippen molar-refractivity contribution in [1.82, 2.24) is 0 Å². The van der Waals surface area contributed by atoms with Gasteiger partial charge in [0.1, 0.15) is 5.82 Å². The summed E-state index contributed by atoms with van der Waals surface area (Å²) < 4.78 is 24.8. The fraction of sp³-hybridized carbons (Fsp3) is 0.455. The number of alkyl halides is 1. The van der Waals surface area contributed by atoms with Crippen LogP contribution in [0.5, 0.6) is 0 Å². The Balaban J connectivity index is 2.41. The van der Waals surface area contributed by atoms with Gasteiger partial charge in [-0.2, -0.15) is 0 Å². The Morgan fingerprint density at radius 1 is 1.21 bits per heavy atom. The minimum Gasteiger partial charge on any atom is -0.330 e. The van der Waals surface area contributed by atoms with E-state index in [2.05, 4.69) is 0 Å². The predicted octanol–water partition coefficient (Wildman–Crippen LogP) is 2.30. The van der Waals surface area contributed by atoms with Crippen molar-refractivity contribution < 1.29 is 8.78 Å². The summed E-state index contributed by atoms with van der Waals surface area (Å²) in [6.45, 7) is -0.00457. The van der Waals surface area contributed by atoms with Gasteiger partial charge in [-0.1, -0.05) is 12.1 Å². The van der Waals surface area contributed by atoms with Crippen LogP contribution < -0.4 is 5.73 Å². The number of hydrogen-bond donors (Lipinski definition) is 1. The first-order valence-corrected chi connectivity index (χ1v) is 4.76. The number of benzene rings is 1. The van der Waals surface area contributed by atoms with Crippen LogP contribution in [-0.2, 0) is 6.42 Å². The highest BCUT2D eigenvalue weighted by Gasteiger charge is 2.05. The fourth-order valence-electron chi connectivity index (χ4n) is 1.28. The zero-order chi connectivity index (χ0) is 10.4. The number of hydrogen-bond acceptors (Lipinski definition) is 1. The molecule has 2 N–H and O–H groups in total. The van der Waals surface area contributed by atoms with E-state index in [1.807, 2.05) is 0 Å². The maximum atomic E-state index is 12.5. The van der Waals surface area contributed by atoms with E-state index in [1.54, 1.807) is 12.1 Å². The van der Waals surface area contributed by atoms with E-state index in [1.165, 1.54) is 12.1 Å². The summed E-state index contributed by atoms with van der Waals surface area (Å²) in [5, 5.41) is 0. The fourth-order valence-corrected chi connectivity index (χ4v) is 1.28. The minimum absolute atomic E-state index is 0.0694. The first-order chi connectivity index (χ1) is 6.76. The normalized spacial score (nSPS) is 12.8. The number of aryl methyl sites for hydroxylation is 1. The molecule has 3 heteroatoms. The first kappa shape index (κ1) is 11.1. The molecule has 0 fully saturated rings. The molecule has 1 aromatic rings. The van der Waals surface area contributed by atoms with E-state index < -0.39 is 0 Å². The topological polar surface area (TPSA) is 26.0 Å². The number of rotatable bonds is 5. The quantitative estimate of drug-likeness (QED) is 0.773. The molecule has 0 aliphatic carbocycles. The van der Waals surface area contributed by atoms with Crippen molar-refractivity contribution in [2.75, 3.05) is 13.2 Å². The van der Waals surface area contributed by atoms with Crippen LogP contribution in [0.15, 0.2) is 24.3 Å². The Morgan fingerprint density at radius 2 is 1.86 bits per heavy atom. The van der Waals surface area contributed by atoms with Gasteiger partial charge in [-0.25, -0.2) is 4.39 Å². The van der Waals surface area contributed by atoms with Crippen LogP contribution >= 0.6 is 0 Å². The average Bonchev–Trinajstić information content (AvgIpc) is 2.22. The third-order valence-electron chi connectivity index (χ3n) is 2.31. The minimum atomic E-state index is -0.377. The van der Waals surface area contributed by atoms with Gasteiger partial charge in [-0.05, 0) is 43.0 Å². The Morgan fingerprint density at radius 3 is 2.36 bits per heavy atom. The lowest BCUT2D eigenvalue weighted by atomic mass is 10.0. The summed E-state index contributed by atoms with van der Waals surface area (Å²) in [7, 11) is 0. The molecule has 14 heavy (non-hydrogen) atoms. The molecule has 1 unspecified atom stereocenters. The molecule has 0 aliphatic heterocycles. The van der Waals surface area contributed by atoms with Crippen LogP contribution in [0.25, 0.3) is 0 Å². The van der Waals surface area contributed by atoms with E-state index in [4.69, 9.17) is 5.73 Å². The maximum Gasteiger partial charge on any atom is 0.123 e. The van der Waals surface area contributed by atoms with E-state index in [-0.39, 0.29) is 18.4 Å². The molecule has 0 heterocycles. The van der Waals surface area contributed by atoms with Crippen LogP contribution in [0.2, 0.25) is 0 Å². The van der Waals surface area contributed by atoms with Crippen LogP contribution in [0, 0.1) is 11.7 Å². The van der Waals surface area contributed by atoms with Gasteiger partial charge in [0.2, 0.25) is 0 Å². The summed E-state index contributed by atoms with van der Waals surface area (Å²) in [6, 6.07) is 6.28. The highest BCUT2D eigenvalue weighted by atomic mass is 19.1. The molecule has 0 aromatic heterocycles. The van der Waals surface area contributed by atoms with E-state index in [0.717, 1.165) is 18.4 Å². The smallest absolute Gasteiger partial charge is 0.123 e. The van der Waals surface area contributed by atoms with Gasteiger partial charge in [0.15, 0.2) is 0 Å². The van der Waals surface area contributed by atoms with Crippen molar-refractivity contribution >= 4 is 0 Å². The standard InChI is InChI=1S/C11H15F2N/c12-7-10(8-14)2-1-9-3-5-11(13)6-4-9/h3-6,10H,1-2,7-8,14H2. The van der Waals surface area contributed by atoms with Crippen LogP contribution in [-0.4, -0.2) is 13.2 Å².